The number of H-pyrrole nitrogens is 1. The number of carbonyl (C=O) groups is 1. The highest BCUT2D eigenvalue weighted by Gasteiger charge is 2.13. The Morgan fingerprint density at radius 3 is 2.76 bits per heavy atom. The van der Waals surface area contributed by atoms with Gasteiger partial charge in [0.05, 0.1) is 17.7 Å². The highest BCUT2D eigenvalue weighted by atomic mass is 16.5. The van der Waals surface area contributed by atoms with Gasteiger partial charge in [-0.05, 0) is 65.1 Å². The molecule has 2 N–H and O–H groups in total. The fourth-order valence-corrected chi connectivity index (χ4v) is 3.36. The average molecular weight is 460 g/mol. The topological polar surface area (TPSA) is 123 Å². The summed E-state index contributed by atoms with van der Waals surface area (Å²) < 4.78 is 11.6. The van der Waals surface area contributed by atoms with Crippen molar-refractivity contribution in [3.63, 3.8) is 0 Å². The number of ether oxygens (including phenoxy) is 1. The third-order valence-corrected chi connectivity index (χ3v) is 5.09. The summed E-state index contributed by atoms with van der Waals surface area (Å²) in [6, 6.07) is 13.8. The maximum absolute atomic E-state index is 12.5. The fraction of sp³-hybridized carbons (Fsp3) is 0.240. The number of rotatable bonds is 9. The summed E-state index contributed by atoms with van der Waals surface area (Å²) in [5, 5.41) is 16.4. The molecule has 2 aromatic heterocycles. The first-order chi connectivity index (χ1) is 16.5. The lowest BCUT2D eigenvalue weighted by Crippen LogP contribution is -2.09. The fourth-order valence-electron chi connectivity index (χ4n) is 3.36. The smallest absolute Gasteiger partial charge is 0.248 e. The van der Waals surface area contributed by atoms with Crippen molar-refractivity contribution in [3.8, 4) is 17.3 Å². The van der Waals surface area contributed by atoms with E-state index in [-0.39, 0.29) is 28.5 Å². The summed E-state index contributed by atoms with van der Waals surface area (Å²) in [6.07, 6.45) is 5.27. The quantitative estimate of drug-likeness (QED) is 0.280. The number of anilines is 1. The van der Waals surface area contributed by atoms with Crippen LogP contribution in [0.4, 0.5) is 5.69 Å². The summed E-state index contributed by atoms with van der Waals surface area (Å²) in [5.74, 6) is 1.49. The first kappa shape index (κ1) is 22.9. The van der Waals surface area contributed by atoms with Gasteiger partial charge in [-0.25, -0.2) is 5.10 Å². The molecule has 0 spiro atoms. The molecule has 0 aliphatic rings. The molecule has 0 atom stereocenters. The van der Waals surface area contributed by atoms with Gasteiger partial charge in [-0.2, -0.15) is 0 Å². The van der Waals surface area contributed by atoms with Crippen LogP contribution in [0, 0.1) is 5.92 Å². The second-order valence-electron chi connectivity index (χ2n) is 8.18. The molecule has 0 radical (unpaired) electrons. The largest absolute Gasteiger partial charge is 0.494 e. The van der Waals surface area contributed by atoms with Crippen molar-refractivity contribution in [1.82, 2.24) is 20.6 Å². The summed E-state index contributed by atoms with van der Waals surface area (Å²) in [6.45, 7) is 5.08. The van der Waals surface area contributed by atoms with Crippen LogP contribution in [0.15, 0.2) is 63.8 Å². The Morgan fingerprint density at radius 2 is 2.03 bits per heavy atom. The van der Waals surface area contributed by atoms with E-state index < -0.39 is 0 Å². The second-order valence-corrected chi connectivity index (χ2v) is 8.18. The van der Waals surface area contributed by atoms with Gasteiger partial charge in [-0.3, -0.25) is 9.59 Å². The van der Waals surface area contributed by atoms with E-state index in [0.29, 0.717) is 23.6 Å². The molecule has 0 unspecified atom stereocenters. The summed E-state index contributed by atoms with van der Waals surface area (Å²) in [5.41, 5.74) is 1.19. The predicted octanol–water partition coefficient (Wildman–Crippen LogP) is 4.44. The van der Waals surface area contributed by atoms with Crippen LogP contribution in [0.1, 0.15) is 32.3 Å². The van der Waals surface area contributed by atoms with Crippen molar-refractivity contribution in [2.24, 2.45) is 5.92 Å². The number of benzene rings is 2. The molecule has 34 heavy (non-hydrogen) atoms. The standard InChI is InChI=1S/C25H25N5O4/c1-16(2)5-4-14-33-18-11-8-17(9-12-18)10-13-23(32)26-20-7-3-6-19-21(31)15-22(34-24(19)20)25-27-29-30-28-25/h3,6-13,15-16H,4-5,14H2,1-2H3,(H,26,32)(H,27,28,29,30). The van der Waals surface area contributed by atoms with Gasteiger partial charge in [-0.15, -0.1) is 5.10 Å². The van der Waals surface area contributed by atoms with Gasteiger partial charge in [-0.1, -0.05) is 32.0 Å². The zero-order valence-corrected chi connectivity index (χ0v) is 18.9. The van der Waals surface area contributed by atoms with Gasteiger partial charge < -0.3 is 14.5 Å². The number of aromatic amines is 1. The first-order valence-electron chi connectivity index (χ1n) is 11.0. The lowest BCUT2D eigenvalue weighted by atomic mass is 10.1. The molecule has 9 heteroatoms. The van der Waals surface area contributed by atoms with Crippen LogP contribution in [-0.2, 0) is 4.79 Å². The monoisotopic (exact) mass is 459 g/mol. The van der Waals surface area contributed by atoms with E-state index in [0.717, 1.165) is 24.2 Å². The van der Waals surface area contributed by atoms with Crippen LogP contribution in [0.25, 0.3) is 28.6 Å². The molecule has 174 valence electrons. The third-order valence-electron chi connectivity index (χ3n) is 5.09. The van der Waals surface area contributed by atoms with Crippen LogP contribution >= 0.6 is 0 Å². The minimum atomic E-state index is -0.365. The van der Waals surface area contributed by atoms with Crippen molar-refractivity contribution < 1.29 is 13.9 Å². The maximum Gasteiger partial charge on any atom is 0.248 e. The van der Waals surface area contributed by atoms with Crippen LogP contribution in [-0.4, -0.2) is 33.1 Å². The van der Waals surface area contributed by atoms with Gasteiger partial charge in [0.25, 0.3) is 0 Å². The van der Waals surface area contributed by atoms with E-state index in [1.807, 2.05) is 24.3 Å². The third kappa shape index (κ3) is 5.74. The zero-order chi connectivity index (χ0) is 23.9. The number of hydrogen-bond acceptors (Lipinski definition) is 7. The predicted molar refractivity (Wildman–Crippen MR) is 129 cm³/mol. The molecular weight excluding hydrogens is 434 g/mol. The SMILES string of the molecule is CC(C)CCCOc1ccc(C=CC(=O)Nc2cccc3c(=O)cc(-c4nnn[nH]4)oc23)cc1. The average Bonchev–Trinajstić information content (AvgIpc) is 3.37. The number of para-hydroxylation sites is 1. The van der Waals surface area contributed by atoms with Crippen molar-refractivity contribution >= 4 is 28.6 Å². The normalized spacial score (nSPS) is 11.4. The van der Waals surface area contributed by atoms with E-state index >= 15 is 0 Å². The Morgan fingerprint density at radius 1 is 1.21 bits per heavy atom. The minimum Gasteiger partial charge on any atom is -0.494 e. The minimum absolute atomic E-state index is 0.172. The molecule has 0 aliphatic carbocycles. The molecule has 0 aliphatic heterocycles. The van der Waals surface area contributed by atoms with Crippen LogP contribution in [0.2, 0.25) is 0 Å². The van der Waals surface area contributed by atoms with Crippen LogP contribution in [0.5, 0.6) is 5.75 Å². The number of nitrogens with zero attached hydrogens (tertiary/aromatic N) is 3. The highest BCUT2D eigenvalue weighted by Crippen LogP contribution is 2.25. The van der Waals surface area contributed by atoms with E-state index in [1.165, 1.54) is 12.1 Å². The highest BCUT2D eigenvalue weighted by molar-refractivity contribution is 6.06. The van der Waals surface area contributed by atoms with Gasteiger partial charge in [0.15, 0.2) is 16.8 Å². The molecule has 1 amide bonds. The van der Waals surface area contributed by atoms with Gasteiger partial charge >= 0.3 is 0 Å². The molecule has 0 saturated carbocycles. The van der Waals surface area contributed by atoms with E-state index in [9.17, 15) is 9.59 Å². The van der Waals surface area contributed by atoms with E-state index in [2.05, 4.69) is 39.8 Å². The lowest BCUT2D eigenvalue weighted by Gasteiger charge is -2.08. The van der Waals surface area contributed by atoms with Crippen molar-refractivity contribution in [2.75, 3.05) is 11.9 Å². The van der Waals surface area contributed by atoms with Crippen LogP contribution < -0.4 is 15.5 Å². The van der Waals surface area contributed by atoms with E-state index in [1.54, 1.807) is 24.3 Å². The Hall–Kier alpha value is -4.27. The molecule has 0 saturated heterocycles. The van der Waals surface area contributed by atoms with Gasteiger partial charge in [0.1, 0.15) is 5.75 Å². The number of nitrogens with one attached hydrogen (secondary N) is 2. The summed E-state index contributed by atoms with van der Waals surface area (Å²) in [4.78, 5) is 25.0. The Labute approximate surface area is 195 Å². The van der Waals surface area contributed by atoms with E-state index in [4.69, 9.17) is 9.15 Å². The van der Waals surface area contributed by atoms with Crippen molar-refractivity contribution in [1.29, 1.82) is 0 Å². The number of amides is 1. The van der Waals surface area contributed by atoms with Crippen LogP contribution in [0.3, 0.4) is 0 Å². The molecule has 2 aromatic carbocycles. The number of aromatic nitrogens is 4. The molecule has 0 fully saturated rings. The van der Waals surface area contributed by atoms with Crippen molar-refractivity contribution in [2.45, 2.75) is 26.7 Å². The molecule has 9 nitrogen and oxygen atoms in total. The summed E-state index contributed by atoms with van der Waals surface area (Å²) in [7, 11) is 0. The molecular formula is C25H25N5O4. The number of fused-ring (bicyclic) bond motifs is 1. The maximum atomic E-state index is 12.5. The Kier molecular flexibility index (Phi) is 7.12. The molecule has 4 rings (SSSR count). The molecule has 0 bridgehead atoms. The number of hydrogen-bond donors (Lipinski definition) is 2. The van der Waals surface area contributed by atoms with Crippen molar-refractivity contribution in [3.05, 3.63) is 70.4 Å². The molecule has 4 aromatic rings. The van der Waals surface area contributed by atoms with Gasteiger partial charge in [0, 0.05) is 12.1 Å². The Bertz CT molecular complexity index is 1340. The number of tetrazole rings is 1. The zero-order valence-electron chi connectivity index (χ0n) is 18.9. The summed E-state index contributed by atoms with van der Waals surface area (Å²) >= 11 is 0. The second kappa shape index (κ2) is 10.6. The number of carbonyl (C=O) groups excluding carboxylic acids is 1. The Balaban J connectivity index is 1.43. The molecule has 2 heterocycles. The lowest BCUT2D eigenvalue weighted by molar-refractivity contribution is -0.111. The first-order valence-corrected chi connectivity index (χ1v) is 11.0. The van der Waals surface area contributed by atoms with Gasteiger partial charge in [0.2, 0.25) is 11.7 Å².